The van der Waals surface area contributed by atoms with Crippen molar-refractivity contribution in [1.29, 1.82) is 0 Å². The number of anilines is 2. The van der Waals surface area contributed by atoms with E-state index in [1.165, 1.54) is 0 Å². The first-order valence-corrected chi connectivity index (χ1v) is 8.27. The van der Waals surface area contributed by atoms with Gasteiger partial charge in [-0.2, -0.15) is 0 Å². The summed E-state index contributed by atoms with van der Waals surface area (Å²) in [5.74, 6) is 0. The molecule has 0 fully saturated rings. The van der Waals surface area contributed by atoms with Crippen molar-refractivity contribution in [3.05, 3.63) is 52.5 Å². The molecule has 2 rings (SSSR count). The summed E-state index contributed by atoms with van der Waals surface area (Å²) >= 11 is 3.35. The van der Waals surface area contributed by atoms with Crippen LogP contribution in [0.25, 0.3) is 0 Å². The van der Waals surface area contributed by atoms with Crippen molar-refractivity contribution in [2.75, 3.05) is 17.1 Å². The Morgan fingerprint density at radius 3 is 2.25 bits per heavy atom. The summed E-state index contributed by atoms with van der Waals surface area (Å²) in [6.45, 7) is 1.85. The minimum Gasteiger partial charge on any atom is -0.388 e. The van der Waals surface area contributed by atoms with Crippen molar-refractivity contribution in [3.8, 4) is 0 Å². The van der Waals surface area contributed by atoms with Gasteiger partial charge in [0.15, 0.2) is 0 Å². The fourth-order valence-corrected chi connectivity index (χ4v) is 3.35. The van der Waals surface area contributed by atoms with E-state index in [2.05, 4.69) is 26.0 Å². The second kappa shape index (κ2) is 5.85. The van der Waals surface area contributed by atoms with Crippen LogP contribution in [0, 0.1) is 6.92 Å². The van der Waals surface area contributed by atoms with E-state index in [0.717, 1.165) is 15.7 Å². The smallest absolute Gasteiger partial charge is 0.261 e. The molecule has 0 amide bonds. The van der Waals surface area contributed by atoms with Crippen molar-refractivity contribution in [1.82, 2.24) is 0 Å². The van der Waals surface area contributed by atoms with Crippen molar-refractivity contribution >= 4 is 37.3 Å². The van der Waals surface area contributed by atoms with Crippen LogP contribution in [-0.2, 0) is 10.0 Å². The monoisotopic (exact) mass is 354 g/mol. The lowest BCUT2D eigenvalue weighted by molar-refractivity contribution is 0.601. The van der Waals surface area contributed by atoms with Crippen LogP contribution in [0.4, 0.5) is 11.4 Å². The SMILES string of the molecule is CNc1ccc(S(=O)(=O)Nc2ccc(Br)cc2C)cc1. The molecule has 0 aromatic heterocycles. The molecule has 0 heterocycles. The van der Waals surface area contributed by atoms with E-state index in [1.54, 1.807) is 43.4 Å². The lowest BCUT2D eigenvalue weighted by atomic mass is 10.2. The Morgan fingerprint density at radius 2 is 1.70 bits per heavy atom. The number of hydrogen-bond acceptors (Lipinski definition) is 3. The maximum Gasteiger partial charge on any atom is 0.261 e. The molecule has 0 aliphatic heterocycles. The van der Waals surface area contributed by atoms with Gasteiger partial charge in [-0.25, -0.2) is 8.42 Å². The standard InChI is InChI=1S/C14H15BrN2O2S/c1-10-9-11(15)3-8-14(10)17-20(18,19)13-6-4-12(16-2)5-7-13/h3-9,16-17H,1-2H3. The topological polar surface area (TPSA) is 58.2 Å². The zero-order chi connectivity index (χ0) is 14.8. The highest BCUT2D eigenvalue weighted by Gasteiger charge is 2.15. The van der Waals surface area contributed by atoms with Crippen molar-refractivity contribution in [2.45, 2.75) is 11.8 Å². The zero-order valence-corrected chi connectivity index (χ0v) is 13.5. The van der Waals surface area contributed by atoms with Gasteiger partial charge in [0.2, 0.25) is 0 Å². The number of benzene rings is 2. The molecule has 0 saturated carbocycles. The van der Waals surface area contributed by atoms with E-state index in [4.69, 9.17) is 0 Å². The number of nitrogens with one attached hydrogen (secondary N) is 2. The van der Waals surface area contributed by atoms with Gasteiger partial charge >= 0.3 is 0 Å². The van der Waals surface area contributed by atoms with Gasteiger partial charge in [-0.3, -0.25) is 4.72 Å². The van der Waals surface area contributed by atoms with Crippen LogP contribution in [0.15, 0.2) is 51.8 Å². The average molecular weight is 355 g/mol. The van der Waals surface area contributed by atoms with Gasteiger partial charge in [-0.1, -0.05) is 15.9 Å². The number of sulfonamides is 1. The zero-order valence-electron chi connectivity index (χ0n) is 11.1. The molecule has 0 radical (unpaired) electrons. The predicted molar refractivity (Wildman–Crippen MR) is 85.7 cm³/mol. The normalized spacial score (nSPS) is 11.2. The summed E-state index contributed by atoms with van der Waals surface area (Å²) in [6, 6.07) is 12.0. The summed E-state index contributed by atoms with van der Waals surface area (Å²) in [5, 5.41) is 2.95. The third-order valence-electron chi connectivity index (χ3n) is 2.89. The Kier molecular flexibility index (Phi) is 4.35. The minimum atomic E-state index is -3.57. The third kappa shape index (κ3) is 3.32. The van der Waals surface area contributed by atoms with Gasteiger partial charge in [0.25, 0.3) is 10.0 Å². The van der Waals surface area contributed by atoms with Gasteiger partial charge < -0.3 is 5.32 Å². The van der Waals surface area contributed by atoms with Crippen LogP contribution < -0.4 is 10.0 Å². The first-order valence-electron chi connectivity index (χ1n) is 5.99. The lowest BCUT2D eigenvalue weighted by Crippen LogP contribution is -2.13. The van der Waals surface area contributed by atoms with E-state index in [0.29, 0.717) is 5.69 Å². The van der Waals surface area contributed by atoms with Crippen LogP contribution in [0.3, 0.4) is 0 Å². The Morgan fingerprint density at radius 1 is 1.05 bits per heavy atom. The summed E-state index contributed by atoms with van der Waals surface area (Å²) in [6.07, 6.45) is 0. The Bertz CT molecular complexity index is 712. The first-order chi connectivity index (χ1) is 9.42. The molecule has 2 N–H and O–H groups in total. The molecule has 2 aromatic carbocycles. The van der Waals surface area contributed by atoms with Crippen molar-refractivity contribution in [2.24, 2.45) is 0 Å². The summed E-state index contributed by atoms with van der Waals surface area (Å²) in [4.78, 5) is 0.235. The average Bonchev–Trinajstić information content (AvgIpc) is 2.42. The maximum absolute atomic E-state index is 12.3. The van der Waals surface area contributed by atoms with E-state index in [9.17, 15) is 8.42 Å². The van der Waals surface area contributed by atoms with E-state index in [1.807, 2.05) is 13.0 Å². The highest BCUT2D eigenvalue weighted by Crippen LogP contribution is 2.23. The maximum atomic E-state index is 12.3. The Labute approximate surface area is 127 Å². The quantitative estimate of drug-likeness (QED) is 0.881. The third-order valence-corrected chi connectivity index (χ3v) is 4.76. The van der Waals surface area contributed by atoms with Gasteiger partial charge in [0, 0.05) is 17.2 Å². The molecule has 4 nitrogen and oxygen atoms in total. The van der Waals surface area contributed by atoms with Crippen LogP contribution in [-0.4, -0.2) is 15.5 Å². The van der Waals surface area contributed by atoms with E-state index >= 15 is 0 Å². The summed E-state index contributed by atoms with van der Waals surface area (Å²) in [7, 11) is -1.78. The van der Waals surface area contributed by atoms with Crippen molar-refractivity contribution in [3.63, 3.8) is 0 Å². The van der Waals surface area contributed by atoms with Crippen LogP contribution in [0.1, 0.15) is 5.56 Å². The highest BCUT2D eigenvalue weighted by molar-refractivity contribution is 9.10. The Hall–Kier alpha value is -1.53. The molecule has 0 unspecified atom stereocenters. The molecule has 2 aromatic rings. The lowest BCUT2D eigenvalue weighted by Gasteiger charge is -2.11. The van der Waals surface area contributed by atoms with Gasteiger partial charge in [0.05, 0.1) is 10.6 Å². The van der Waals surface area contributed by atoms with E-state index in [-0.39, 0.29) is 4.90 Å². The summed E-state index contributed by atoms with van der Waals surface area (Å²) < 4.78 is 28.1. The molecular weight excluding hydrogens is 340 g/mol. The van der Waals surface area contributed by atoms with Gasteiger partial charge in [-0.15, -0.1) is 0 Å². The molecule has 0 aliphatic carbocycles. The Balaban J connectivity index is 2.30. The van der Waals surface area contributed by atoms with Gasteiger partial charge in [-0.05, 0) is 55.0 Å². The highest BCUT2D eigenvalue weighted by atomic mass is 79.9. The second-order valence-electron chi connectivity index (χ2n) is 4.34. The molecular formula is C14H15BrN2O2S. The molecule has 20 heavy (non-hydrogen) atoms. The predicted octanol–water partition coefficient (Wildman–Crippen LogP) is 3.60. The minimum absolute atomic E-state index is 0.235. The van der Waals surface area contributed by atoms with Gasteiger partial charge in [0.1, 0.15) is 0 Å². The second-order valence-corrected chi connectivity index (χ2v) is 6.94. The van der Waals surface area contributed by atoms with Crippen LogP contribution in [0.5, 0.6) is 0 Å². The van der Waals surface area contributed by atoms with E-state index < -0.39 is 10.0 Å². The molecule has 0 atom stereocenters. The number of hydrogen-bond donors (Lipinski definition) is 2. The van der Waals surface area contributed by atoms with Crippen LogP contribution >= 0.6 is 15.9 Å². The molecule has 6 heteroatoms. The fraction of sp³-hybridized carbons (Fsp3) is 0.143. The number of halogens is 1. The fourth-order valence-electron chi connectivity index (χ4n) is 1.75. The number of rotatable bonds is 4. The molecule has 106 valence electrons. The van der Waals surface area contributed by atoms with Crippen molar-refractivity contribution < 1.29 is 8.42 Å². The molecule has 0 spiro atoms. The van der Waals surface area contributed by atoms with Crippen LogP contribution in [0.2, 0.25) is 0 Å². The molecule has 0 aliphatic rings. The molecule has 0 saturated heterocycles. The largest absolute Gasteiger partial charge is 0.388 e. The first kappa shape index (κ1) is 14.9. The number of aryl methyl sites for hydroxylation is 1. The summed E-state index contributed by atoms with van der Waals surface area (Å²) in [5.41, 5.74) is 2.30. The molecule has 0 bridgehead atoms.